The number of methoxy groups -OCH3 is 1. The standard InChI is InChI=1S/C17H23NO5/c1-13(17(22)23-2)12-18(10-11-19)16(21)9-8-15(20)14-6-4-3-5-7-14/h3-7,13,19H,8-12H2,1-2H3. The van der Waals surface area contributed by atoms with Gasteiger partial charge in [-0.1, -0.05) is 37.3 Å². The van der Waals surface area contributed by atoms with Crippen molar-refractivity contribution in [3.05, 3.63) is 35.9 Å². The third-order valence-corrected chi connectivity index (χ3v) is 3.48. The highest BCUT2D eigenvalue weighted by molar-refractivity contribution is 5.97. The van der Waals surface area contributed by atoms with Crippen molar-refractivity contribution in [2.24, 2.45) is 5.92 Å². The molecule has 6 nitrogen and oxygen atoms in total. The number of nitrogens with zero attached hydrogens (tertiary/aromatic N) is 1. The van der Waals surface area contributed by atoms with Crippen LogP contribution in [0.15, 0.2) is 30.3 Å². The van der Waals surface area contributed by atoms with Crippen LogP contribution in [-0.4, -0.2) is 54.5 Å². The normalized spacial score (nSPS) is 11.6. The number of aliphatic hydroxyl groups is 1. The van der Waals surface area contributed by atoms with Crippen molar-refractivity contribution in [1.82, 2.24) is 4.90 Å². The van der Waals surface area contributed by atoms with Crippen molar-refractivity contribution in [2.45, 2.75) is 19.8 Å². The maximum Gasteiger partial charge on any atom is 0.310 e. The zero-order chi connectivity index (χ0) is 17.2. The molecule has 1 aromatic carbocycles. The first-order valence-electron chi connectivity index (χ1n) is 7.54. The fourth-order valence-corrected chi connectivity index (χ4v) is 2.19. The lowest BCUT2D eigenvalue weighted by Gasteiger charge is -2.24. The summed E-state index contributed by atoms with van der Waals surface area (Å²) in [6, 6.07) is 8.77. The van der Waals surface area contributed by atoms with E-state index >= 15 is 0 Å². The lowest BCUT2D eigenvalue weighted by molar-refractivity contribution is -0.146. The van der Waals surface area contributed by atoms with Gasteiger partial charge in [0.25, 0.3) is 0 Å². The van der Waals surface area contributed by atoms with E-state index in [0.717, 1.165) is 0 Å². The van der Waals surface area contributed by atoms with Crippen molar-refractivity contribution in [3.8, 4) is 0 Å². The molecule has 1 unspecified atom stereocenters. The van der Waals surface area contributed by atoms with Gasteiger partial charge >= 0.3 is 5.97 Å². The van der Waals surface area contributed by atoms with Crippen LogP contribution in [0.3, 0.4) is 0 Å². The summed E-state index contributed by atoms with van der Waals surface area (Å²) in [5.41, 5.74) is 0.567. The summed E-state index contributed by atoms with van der Waals surface area (Å²) in [7, 11) is 1.29. The molecule has 0 aromatic heterocycles. The molecule has 0 aliphatic carbocycles. The van der Waals surface area contributed by atoms with Crippen LogP contribution in [0, 0.1) is 5.92 Å². The topological polar surface area (TPSA) is 83.9 Å². The van der Waals surface area contributed by atoms with Gasteiger partial charge in [0.15, 0.2) is 5.78 Å². The average molecular weight is 321 g/mol. The molecule has 1 aromatic rings. The van der Waals surface area contributed by atoms with E-state index in [0.29, 0.717) is 5.56 Å². The third-order valence-electron chi connectivity index (χ3n) is 3.48. The van der Waals surface area contributed by atoms with E-state index in [-0.39, 0.29) is 44.2 Å². The molecule has 0 saturated carbocycles. The summed E-state index contributed by atoms with van der Waals surface area (Å²) in [6.07, 6.45) is 0.138. The molecule has 0 spiro atoms. The molecule has 23 heavy (non-hydrogen) atoms. The number of ketones is 1. The van der Waals surface area contributed by atoms with Crippen LogP contribution >= 0.6 is 0 Å². The minimum atomic E-state index is -0.486. The van der Waals surface area contributed by atoms with Crippen LogP contribution in [-0.2, 0) is 14.3 Å². The first kappa shape index (κ1) is 18.8. The van der Waals surface area contributed by atoms with Gasteiger partial charge in [0.2, 0.25) is 5.91 Å². The van der Waals surface area contributed by atoms with Gasteiger partial charge < -0.3 is 14.7 Å². The van der Waals surface area contributed by atoms with Gasteiger partial charge in [0.05, 0.1) is 19.6 Å². The number of esters is 1. The summed E-state index contributed by atoms with van der Waals surface area (Å²) in [5, 5.41) is 9.07. The van der Waals surface area contributed by atoms with E-state index in [1.807, 2.05) is 6.07 Å². The van der Waals surface area contributed by atoms with Gasteiger partial charge in [0.1, 0.15) is 0 Å². The van der Waals surface area contributed by atoms with Gasteiger partial charge in [-0.2, -0.15) is 0 Å². The third kappa shape index (κ3) is 6.20. The lowest BCUT2D eigenvalue weighted by atomic mass is 10.1. The Hall–Kier alpha value is -2.21. The second-order valence-corrected chi connectivity index (χ2v) is 5.28. The molecule has 0 aliphatic rings. The van der Waals surface area contributed by atoms with E-state index in [9.17, 15) is 14.4 Å². The highest BCUT2D eigenvalue weighted by atomic mass is 16.5. The molecule has 1 N–H and O–H groups in total. The van der Waals surface area contributed by atoms with Crippen LogP contribution in [0.5, 0.6) is 0 Å². The van der Waals surface area contributed by atoms with E-state index in [2.05, 4.69) is 4.74 Å². The summed E-state index contributed by atoms with van der Waals surface area (Å²) in [6.45, 7) is 1.73. The number of amides is 1. The smallest absolute Gasteiger partial charge is 0.310 e. The average Bonchev–Trinajstić information content (AvgIpc) is 2.58. The van der Waals surface area contributed by atoms with E-state index in [1.54, 1.807) is 31.2 Å². The molecule has 0 heterocycles. The minimum absolute atomic E-state index is 0.0433. The molecule has 6 heteroatoms. The van der Waals surface area contributed by atoms with Gasteiger partial charge in [-0.05, 0) is 0 Å². The number of benzene rings is 1. The van der Waals surface area contributed by atoms with E-state index in [4.69, 9.17) is 5.11 Å². The van der Waals surface area contributed by atoms with Crippen molar-refractivity contribution >= 4 is 17.7 Å². The fraction of sp³-hybridized carbons (Fsp3) is 0.471. The zero-order valence-electron chi connectivity index (χ0n) is 13.5. The fourth-order valence-electron chi connectivity index (χ4n) is 2.19. The van der Waals surface area contributed by atoms with Crippen molar-refractivity contribution in [3.63, 3.8) is 0 Å². The molecule has 0 aliphatic heterocycles. The second kappa shape index (κ2) is 9.74. The Morgan fingerprint density at radius 3 is 2.39 bits per heavy atom. The second-order valence-electron chi connectivity index (χ2n) is 5.28. The molecule has 0 bridgehead atoms. The maximum atomic E-state index is 12.2. The molecule has 1 amide bonds. The Labute approximate surface area is 136 Å². The summed E-state index contributed by atoms with van der Waals surface area (Å²) in [5.74, 6) is -1.27. The van der Waals surface area contributed by atoms with Gasteiger partial charge in [-0.25, -0.2) is 0 Å². The summed E-state index contributed by atoms with van der Waals surface area (Å²) >= 11 is 0. The van der Waals surface area contributed by atoms with Crippen molar-refractivity contribution < 1.29 is 24.2 Å². The van der Waals surface area contributed by atoms with Gasteiger partial charge in [-0.15, -0.1) is 0 Å². The highest BCUT2D eigenvalue weighted by Gasteiger charge is 2.21. The predicted octanol–water partition coefficient (Wildman–Crippen LogP) is 1.28. The molecule has 1 rings (SSSR count). The summed E-state index contributed by atoms with van der Waals surface area (Å²) < 4.78 is 4.63. The summed E-state index contributed by atoms with van der Waals surface area (Å²) in [4.78, 5) is 37.1. The quantitative estimate of drug-likeness (QED) is 0.547. The van der Waals surface area contributed by atoms with Gasteiger partial charge in [-0.3, -0.25) is 14.4 Å². The molecular formula is C17H23NO5. The Morgan fingerprint density at radius 2 is 1.83 bits per heavy atom. The predicted molar refractivity (Wildman–Crippen MR) is 84.9 cm³/mol. The molecule has 0 fully saturated rings. The van der Waals surface area contributed by atoms with Crippen LogP contribution < -0.4 is 0 Å². The number of carbonyl (C=O) groups excluding carboxylic acids is 3. The Bertz CT molecular complexity index is 529. The molecular weight excluding hydrogens is 298 g/mol. The first-order valence-corrected chi connectivity index (χ1v) is 7.54. The van der Waals surface area contributed by atoms with Crippen molar-refractivity contribution in [2.75, 3.05) is 26.8 Å². The van der Waals surface area contributed by atoms with Gasteiger partial charge in [0, 0.05) is 31.5 Å². The van der Waals surface area contributed by atoms with E-state index in [1.165, 1.54) is 12.0 Å². The molecule has 1 atom stereocenters. The maximum absolute atomic E-state index is 12.2. The SMILES string of the molecule is COC(=O)C(C)CN(CCO)C(=O)CCC(=O)c1ccccc1. The Balaban J connectivity index is 2.57. The largest absolute Gasteiger partial charge is 0.469 e. The van der Waals surface area contributed by atoms with Crippen molar-refractivity contribution in [1.29, 1.82) is 0 Å². The minimum Gasteiger partial charge on any atom is -0.469 e. The number of hydrogen-bond donors (Lipinski definition) is 1. The number of carbonyl (C=O) groups is 3. The van der Waals surface area contributed by atoms with Crippen LogP contribution in [0.4, 0.5) is 0 Å². The lowest BCUT2D eigenvalue weighted by Crippen LogP contribution is -2.39. The van der Waals surface area contributed by atoms with E-state index < -0.39 is 11.9 Å². The zero-order valence-corrected chi connectivity index (χ0v) is 13.5. The monoisotopic (exact) mass is 321 g/mol. The first-order chi connectivity index (χ1) is 11.0. The van der Waals surface area contributed by atoms with Crippen LogP contribution in [0.1, 0.15) is 30.1 Å². The number of hydrogen-bond acceptors (Lipinski definition) is 5. The Morgan fingerprint density at radius 1 is 1.17 bits per heavy atom. The van der Waals surface area contributed by atoms with Crippen LogP contribution in [0.25, 0.3) is 0 Å². The number of ether oxygens (including phenoxy) is 1. The molecule has 126 valence electrons. The van der Waals surface area contributed by atoms with Crippen LogP contribution in [0.2, 0.25) is 0 Å². The highest BCUT2D eigenvalue weighted by Crippen LogP contribution is 2.09. The number of rotatable bonds is 9. The molecule has 0 saturated heterocycles. The molecule has 0 radical (unpaired) electrons. The number of aliphatic hydroxyl groups excluding tert-OH is 1. The number of Topliss-reactive ketones (excluding diaryl/α,β-unsaturated/α-hetero) is 1. The Kier molecular flexibility index (Phi) is 7.97.